The molecule has 2 aliphatic rings. The van der Waals surface area contributed by atoms with Gasteiger partial charge in [-0.1, -0.05) is 19.9 Å². The van der Waals surface area contributed by atoms with Crippen molar-refractivity contribution in [2.75, 3.05) is 58.3 Å². The van der Waals surface area contributed by atoms with Gasteiger partial charge in [-0.2, -0.15) is 13.2 Å². The highest BCUT2D eigenvalue weighted by Crippen LogP contribution is 2.37. The van der Waals surface area contributed by atoms with Crippen LogP contribution in [-0.2, 0) is 30.4 Å². The number of ether oxygens (including phenoxy) is 2. The highest BCUT2D eigenvalue weighted by molar-refractivity contribution is 5.89. The maximum atomic E-state index is 14.2. The lowest BCUT2D eigenvalue weighted by Crippen LogP contribution is -2.45. The first-order valence-electron chi connectivity index (χ1n) is 16.5. The van der Waals surface area contributed by atoms with E-state index in [-0.39, 0.29) is 30.3 Å². The number of fused-ring (bicyclic) bond motifs is 2. The molecule has 0 aliphatic carbocycles. The van der Waals surface area contributed by atoms with Crippen LogP contribution < -0.4 is 10.1 Å². The lowest BCUT2D eigenvalue weighted by atomic mass is 9.92. The molecule has 48 heavy (non-hydrogen) atoms. The van der Waals surface area contributed by atoms with Crippen molar-refractivity contribution in [3.63, 3.8) is 0 Å². The Morgan fingerprint density at radius 1 is 1.06 bits per heavy atom. The number of urea groups is 1. The minimum atomic E-state index is -4.55. The highest BCUT2D eigenvalue weighted by atomic mass is 19.4. The molecule has 2 N–H and O–H groups in total. The normalized spacial score (nSPS) is 17.5. The van der Waals surface area contributed by atoms with Crippen LogP contribution in [0.4, 0.5) is 23.7 Å². The molecule has 1 unspecified atom stereocenters. The van der Waals surface area contributed by atoms with Gasteiger partial charge in [-0.05, 0) is 54.4 Å². The minimum absolute atomic E-state index is 0.0320. The fourth-order valence-electron chi connectivity index (χ4n) is 6.53. The Bertz CT molecular complexity index is 1740. The predicted molar refractivity (Wildman–Crippen MR) is 177 cm³/mol. The van der Waals surface area contributed by atoms with E-state index in [1.807, 2.05) is 24.0 Å². The summed E-state index contributed by atoms with van der Waals surface area (Å²) >= 11 is 0. The van der Waals surface area contributed by atoms with Crippen molar-refractivity contribution in [3.05, 3.63) is 76.9 Å². The number of carbonyl (C=O) groups excluding carboxylic acids is 1. The quantitative estimate of drug-likeness (QED) is 0.196. The number of H-pyrrole nitrogens is 1. The fourth-order valence-corrected chi connectivity index (χ4v) is 6.53. The summed E-state index contributed by atoms with van der Waals surface area (Å²) in [4.78, 5) is 31.9. The Hall–Kier alpha value is -4.20. The number of amides is 2. The average molecular weight is 666 g/mol. The Morgan fingerprint density at radius 3 is 2.58 bits per heavy atom. The number of halogens is 3. The largest absolute Gasteiger partial charge is 0.455 e. The van der Waals surface area contributed by atoms with E-state index in [9.17, 15) is 18.0 Å². The molecular formula is C35H42F3N7O3. The number of hydrogen-bond donors (Lipinski definition) is 2. The lowest BCUT2D eigenvalue weighted by Gasteiger charge is -2.34. The number of aromatic nitrogens is 3. The first-order chi connectivity index (χ1) is 23.1. The maximum Gasteiger partial charge on any atom is 0.416 e. The van der Waals surface area contributed by atoms with Gasteiger partial charge in [-0.3, -0.25) is 9.88 Å². The molecule has 1 aromatic carbocycles. The van der Waals surface area contributed by atoms with Gasteiger partial charge in [0.25, 0.3) is 0 Å². The number of piperazine rings is 1. The van der Waals surface area contributed by atoms with Crippen LogP contribution >= 0.6 is 0 Å². The van der Waals surface area contributed by atoms with Gasteiger partial charge in [-0.25, -0.2) is 9.78 Å². The molecule has 10 nitrogen and oxygen atoms in total. The third kappa shape index (κ3) is 7.58. The van der Waals surface area contributed by atoms with Crippen LogP contribution in [0.5, 0.6) is 11.5 Å². The first kappa shape index (κ1) is 33.7. The molecule has 0 bridgehead atoms. The second-order valence-electron chi connectivity index (χ2n) is 12.4. The van der Waals surface area contributed by atoms with Crippen LogP contribution in [0, 0.1) is 0 Å². The molecule has 4 aromatic rings. The number of hydrogen-bond acceptors (Lipinski definition) is 7. The topological polar surface area (TPSA) is 98.9 Å². The molecule has 0 spiro atoms. The van der Waals surface area contributed by atoms with Crippen LogP contribution in [0.2, 0.25) is 0 Å². The van der Waals surface area contributed by atoms with Gasteiger partial charge in [0.05, 0.1) is 29.4 Å². The molecule has 2 amide bonds. The van der Waals surface area contributed by atoms with E-state index in [1.54, 1.807) is 36.5 Å². The number of likely N-dealkylation sites (N-methyl/N-ethyl adjacent to an activating group) is 1. The maximum absolute atomic E-state index is 14.2. The summed E-state index contributed by atoms with van der Waals surface area (Å²) in [6, 6.07) is 9.29. The number of nitrogens with one attached hydrogen (secondary N) is 2. The summed E-state index contributed by atoms with van der Waals surface area (Å²) in [5, 5.41) is 3.56. The second kappa shape index (κ2) is 14.5. The van der Waals surface area contributed by atoms with E-state index in [0.29, 0.717) is 36.7 Å². The lowest BCUT2D eigenvalue weighted by molar-refractivity contribution is -0.138. The second-order valence-corrected chi connectivity index (χ2v) is 12.4. The average Bonchev–Trinajstić information content (AvgIpc) is 3.51. The third-order valence-corrected chi connectivity index (χ3v) is 9.27. The summed E-state index contributed by atoms with van der Waals surface area (Å²) in [6.45, 7) is 9.58. The number of pyridine rings is 2. The minimum Gasteiger partial charge on any atom is -0.455 e. The molecule has 5 heterocycles. The Labute approximate surface area is 278 Å². The Morgan fingerprint density at radius 2 is 1.85 bits per heavy atom. The monoisotopic (exact) mass is 665 g/mol. The van der Waals surface area contributed by atoms with E-state index in [0.717, 1.165) is 67.5 Å². The van der Waals surface area contributed by atoms with Crippen LogP contribution in [0.3, 0.4) is 0 Å². The number of benzene rings is 1. The summed E-state index contributed by atoms with van der Waals surface area (Å²) in [6.07, 6.45) is 0.256. The van der Waals surface area contributed by atoms with E-state index in [2.05, 4.69) is 27.1 Å². The van der Waals surface area contributed by atoms with Crippen LogP contribution in [-0.4, -0.2) is 88.7 Å². The standard InChI is InChI=1S/C35H42F3N7O3/c1-4-23-21-45(34(46)42-26-7-6-24(30(18-26)35(36,37)38)20-44-13-11-43(5-2)12-14-44)22-25-16-28(19-40-32(23)25)48-31-8-10-39-33-29(31)17-27(41-33)9-15-47-3/h6-8,10,16-19,23H,4-5,9,11-15,20-22H2,1-3H3,(H,39,41)(H,42,46). The first-order valence-corrected chi connectivity index (χ1v) is 16.5. The van der Waals surface area contributed by atoms with Gasteiger partial charge in [-0.15, -0.1) is 0 Å². The number of methoxy groups -OCH3 is 1. The third-order valence-electron chi connectivity index (χ3n) is 9.27. The molecule has 1 atom stereocenters. The number of carbonyl (C=O) groups is 1. The van der Waals surface area contributed by atoms with Gasteiger partial charge in [0.15, 0.2) is 0 Å². The van der Waals surface area contributed by atoms with Crippen LogP contribution in [0.1, 0.15) is 54.3 Å². The van der Waals surface area contributed by atoms with E-state index in [4.69, 9.17) is 14.5 Å². The van der Waals surface area contributed by atoms with Gasteiger partial charge in [0, 0.05) is 82.8 Å². The molecule has 0 radical (unpaired) electrons. The Kier molecular flexibility index (Phi) is 10.2. The van der Waals surface area contributed by atoms with Gasteiger partial charge >= 0.3 is 12.2 Å². The molecule has 13 heteroatoms. The summed E-state index contributed by atoms with van der Waals surface area (Å²) in [5.41, 5.74) is 3.00. The molecule has 6 rings (SSSR count). The molecular weight excluding hydrogens is 623 g/mol. The molecule has 3 aromatic heterocycles. The van der Waals surface area contributed by atoms with Gasteiger partial charge in [0.1, 0.15) is 17.1 Å². The zero-order valence-corrected chi connectivity index (χ0v) is 27.6. The SMILES string of the molecule is CCC1CN(C(=O)Nc2ccc(CN3CCN(CC)CC3)c(C(F)(F)F)c2)Cc2cc(Oc3ccnc4[nH]c(CCOC)cc34)cnc21. The molecule has 0 saturated carbocycles. The number of alkyl halides is 3. The van der Waals surface area contributed by atoms with E-state index < -0.39 is 17.8 Å². The van der Waals surface area contributed by atoms with Crippen molar-refractivity contribution in [2.24, 2.45) is 0 Å². The van der Waals surface area contributed by atoms with E-state index in [1.165, 1.54) is 6.07 Å². The smallest absolute Gasteiger partial charge is 0.416 e. The van der Waals surface area contributed by atoms with Crippen molar-refractivity contribution in [3.8, 4) is 11.5 Å². The highest BCUT2D eigenvalue weighted by Gasteiger charge is 2.35. The van der Waals surface area contributed by atoms with Crippen molar-refractivity contribution in [1.82, 2.24) is 29.7 Å². The fraction of sp³-hybridized carbons (Fsp3) is 0.457. The van der Waals surface area contributed by atoms with Crippen molar-refractivity contribution in [1.29, 1.82) is 0 Å². The molecule has 1 saturated heterocycles. The summed E-state index contributed by atoms with van der Waals surface area (Å²) in [5.74, 6) is 1.10. The summed E-state index contributed by atoms with van der Waals surface area (Å²) in [7, 11) is 1.66. The Balaban J connectivity index is 1.17. The molecule has 256 valence electrons. The van der Waals surface area contributed by atoms with Crippen molar-refractivity contribution < 1.29 is 27.4 Å². The van der Waals surface area contributed by atoms with Gasteiger partial charge in [0.2, 0.25) is 0 Å². The van der Waals surface area contributed by atoms with Gasteiger partial charge < -0.3 is 29.6 Å². The number of rotatable bonds is 10. The van der Waals surface area contributed by atoms with Crippen molar-refractivity contribution >= 4 is 22.8 Å². The number of aromatic amines is 1. The van der Waals surface area contributed by atoms with Crippen LogP contribution in [0.15, 0.2) is 48.8 Å². The van der Waals surface area contributed by atoms with Crippen molar-refractivity contribution in [2.45, 2.75) is 51.9 Å². The number of nitrogens with zero attached hydrogens (tertiary/aromatic N) is 5. The van der Waals surface area contributed by atoms with Crippen LogP contribution in [0.25, 0.3) is 11.0 Å². The zero-order valence-electron chi connectivity index (χ0n) is 27.6. The predicted octanol–water partition coefficient (Wildman–Crippen LogP) is 6.64. The molecule has 1 fully saturated rings. The number of anilines is 1. The van der Waals surface area contributed by atoms with E-state index >= 15 is 0 Å². The zero-order chi connectivity index (χ0) is 33.8. The molecule has 2 aliphatic heterocycles. The summed E-state index contributed by atoms with van der Waals surface area (Å²) < 4.78 is 54.1.